The van der Waals surface area contributed by atoms with E-state index in [1.54, 1.807) is 0 Å². The molecule has 1 rings (SSSR count). The third-order valence-corrected chi connectivity index (χ3v) is 2.76. The quantitative estimate of drug-likeness (QED) is 0.832. The molecule has 0 aliphatic rings. The molecule has 15 heavy (non-hydrogen) atoms. The minimum Gasteiger partial charge on any atom is -0.392 e. The van der Waals surface area contributed by atoms with Gasteiger partial charge in [0.1, 0.15) is 0 Å². The van der Waals surface area contributed by atoms with Gasteiger partial charge in [-0.15, -0.1) is 0 Å². The lowest BCUT2D eigenvalue weighted by molar-refractivity contribution is 0.279. The van der Waals surface area contributed by atoms with Crippen molar-refractivity contribution in [3.8, 4) is 0 Å². The van der Waals surface area contributed by atoms with Gasteiger partial charge in [0.05, 0.1) is 12.3 Å². The highest BCUT2D eigenvalue weighted by Gasteiger charge is 2.14. The summed E-state index contributed by atoms with van der Waals surface area (Å²) in [5.74, 6) is 0. The number of aryl methyl sites for hydroxylation is 2. The maximum atomic E-state index is 9.19. The zero-order chi connectivity index (χ0) is 11.6. The number of rotatable bonds is 3. The molecule has 3 heteroatoms. The monoisotopic (exact) mass is 210 g/mol. The van der Waals surface area contributed by atoms with E-state index >= 15 is 0 Å². The summed E-state index contributed by atoms with van der Waals surface area (Å²) in [7, 11) is 0. The molecule has 1 aromatic rings. The molecule has 0 unspecified atom stereocenters. The van der Waals surface area contributed by atoms with Gasteiger partial charge in [0.25, 0.3) is 0 Å². The lowest BCUT2D eigenvalue weighted by Crippen LogP contribution is -2.12. The molecule has 0 bridgehead atoms. The van der Waals surface area contributed by atoms with Gasteiger partial charge < -0.3 is 5.11 Å². The van der Waals surface area contributed by atoms with Crippen LogP contribution in [0.5, 0.6) is 0 Å². The van der Waals surface area contributed by atoms with E-state index in [0.717, 1.165) is 29.9 Å². The molecular weight excluding hydrogens is 188 g/mol. The average Bonchev–Trinajstić information content (AvgIpc) is 2.37. The Morgan fingerprint density at radius 2 is 1.87 bits per heavy atom. The van der Waals surface area contributed by atoms with E-state index in [1.807, 2.05) is 18.5 Å². The van der Waals surface area contributed by atoms with Crippen molar-refractivity contribution in [3.05, 3.63) is 17.0 Å². The van der Waals surface area contributed by atoms with Gasteiger partial charge in [0, 0.05) is 17.8 Å². The second kappa shape index (κ2) is 4.35. The third-order valence-electron chi connectivity index (χ3n) is 2.76. The minimum atomic E-state index is 0.0905. The molecule has 1 heterocycles. The van der Waals surface area contributed by atoms with E-state index in [2.05, 4.69) is 25.9 Å². The molecule has 0 saturated carbocycles. The Balaban J connectivity index is 2.79. The van der Waals surface area contributed by atoms with Crippen molar-refractivity contribution in [2.24, 2.45) is 5.41 Å². The molecule has 0 saturated heterocycles. The minimum absolute atomic E-state index is 0.0905. The Hall–Kier alpha value is -0.830. The SMILES string of the molecule is Cc1nn(CCC(C)(C)C)c(C)c1CO. The van der Waals surface area contributed by atoms with E-state index in [9.17, 15) is 5.11 Å². The summed E-state index contributed by atoms with van der Waals surface area (Å²) in [5.41, 5.74) is 3.35. The van der Waals surface area contributed by atoms with Crippen molar-refractivity contribution in [1.29, 1.82) is 0 Å². The largest absolute Gasteiger partial charge is 0.392 e. The van der Waals surface area contributed by atoms with Crippen molar-refractivity contribution < 1.29 is 5.11 Å². The third kappa shape index (κ3) is 3.06. The maximum Gasteiger partial charge on any atom is 0.0718 e. The number of hydrogen-bond acceptors (Lipinski definition) is 2. The Bertz CT molecular complexity index is 334. The summed E-state index contributed by atoms with van der Waals surface area (Å²) in [5, 5.41) is 13.6. The molecule has 0 aromatic carbocycles. The molecule has 3 nitrogen and oxygen atoms in total. The first kappa shape index (κ1) is 12.2. The van der Waals surface area contributed by atoms with Crippen LogP contribution in [0.15, 0.2) is 0 Å². The topological polar surface area (TPSA) is 38.0 Å². The summed E-state index contributed by atoms with van der Waals surface area (Å²) in [6.45, 7) is 11.7. The van der Waals surface area contributed by atoms with Crippen LogP contribution in [-0.2, 0) is 13.2 Å². The fourth-order valence-corrected chi connectivity index (χ4v) is 1.62. The maximum absolute atomic E-state index is 9.19. The van der Waals surface area contributed by atoms with Crippen LogP contribution in [-0.4, -0.2) is 14.9 Å². The van der Waals surface area contributed by atoms with Gasteiger partial charge in [0.2, 0.25) is 0 Å². The predicted octanol–water partition coefficient (Wildman–Crippen LogP) is 2.43. The van der Waals surface area contributed by atoms with Crippen LogP contribution in [0.3, 0.4) is 0 Å². The van der Waals surface area contributed by atoms with E-state index in [-0.39, 0.29) is 6.61 Å². The van der Waals surface area contributed by atoms with Crippen LogP contribution < -0.4 is 0 Å². The van der Waals surface area contributed by atoms with Gasteiger partial charge in [0.15, 0.2) is 0 Å². The van der Waals surface area contributed by atoms with Crippen LogP contribution in [0.4, 0.5) is 0 Å². The molecular formula is C12H22N2O. The number of hydrogen-bond donors (Lipinski definition) is 1. The summed E-state index contributed by atoms with van der Waals surface area (Å²) in [6, 6.07) is 0. The molecule has 0 amide bonds. The number of aliphatic hydroxyl groups excluding tert-OH is 1. The first-order chi connectivity index (χ1) is 6.85. The second-order valence-corrected chi connectivity index (χ2v) is 5.34. The Labute approximate surface area is 92.1 Å². The normalized spacial score (nSPS) is 12.1. The van der Waals surface area contributed by atoms with Crippen LogP contribution in [0.2, 0.25) is 0 Å². The van der Waals surface area contributed by atoms with Gasteiger partial charge in [-0.05, 0) is 25.7 Å². The fourth-order valence-electron chi connectivity index (χ4n) is 1.62. The standard InChI is InChI=1S/C12H22N2O/c1-9-11(8-15)10(2)14(13-9)7-6-12(3,4)5/h15H,6-8H2,1-5H3. The van der Waals surface area contributed by atoms with Crippen molar-refractivity contribution in [2.75, 3.05) is 0 Å². The molecule has 86 valence electrons. The summed E-state index contributed by atoms with van der Waals surface area (Å²) in [6.07, 6.45) is 1.10. The highest BCUT2D eigenvalue weighted by molar-refractivity contribution is 5.23. The van der Waals surface area contributed by atoms with E-state index in [1.165, 1.54) is 0 Å². The van der Waals surface area contributed by atoms with Crippen LogP contribution >= 0.6 is 0 Å². The van der Waals surface area contributed by atoms with Gasteiger partial charge >= 0.3 is 0 Å². The lowest BCUT2D eigenvalue weighted by Gasteiger charge is -2.18. The average molecular weight is 210 g/mol. The van der Waals surface area contributed by atoms with Crippen LogP contribution in [0, 0.1) is 19.3 Å². The molecule has 0 aliphatic carbocycles. The summed E-state index contributed by atoms with van der Waals surface area (Å²) in [4.78, 5) is 0. The van der Waals surface area contributed by atoms with Crippen LogP contribution in [0.1, 0.15) is 44.1 Å². The second-order valence-electron chi connectivity index (χ2n) is 5.34. The summed E-state index contributed by atoms with van der Waals surface area (Å²) >= 11 is 0. The molecule has 0 aliphatic heterocycles. The smallest absolute Gasteiger partial charge is 0.0718 e. The predicted molar refractivity (Wildman–Crippen MR) is 61.7 cm³/mol. The number of aromatic nitrogens is 2. The fraction of sp³-hybridized carbons (Fsp3) is 0.750. The van der Waals surface area contributed by atoms with Crippen molar-refractivity contribution in [1.82, 2.24) is 9.78 Å². The van der Waals surface area contributed by atoms with Crippen molar-refractivity contribution >= 4 is 0 Å². The molecule has 0 radical (unpaired) electrons. The van der Waals surface area contributed by atoms with Gasteiger partial charge in [-0.1, -0.05) is 20.8 Å². The molecule has 1 N–H and O–H groups in total. The van der Waals surface area contributed by atoms with Crippen LogP contribution in [0.25, 0.3) is 0 Å². The van der Waals surface area contributed by atoms with Crippen molar-refractivity contribution in [2.45, 2.75) is 54.2 Å². The number of nitrogens with zero attached hydrogens (tertiary/aromatic N) is 2. The van der Waals surface area contributed by atoms with E-state index < -0.39 is 0 Å². The lowest BCUT2D eigenvalue weighted by atomic mass is 9.92. The van der Waals surface area contributed by atoms with Crippen molar-refractivity contribution in [3.63, 3.8) is 0 Å². The zero-order valence-corrected chi connectivity index (χ0v) is 10.5. The molecule has 0 atom stereocenters. The van der Waals surface area contributed by atoms with Gasteiger partial charge in [-0.3, -0.25) is 4.68 Å². The highest BCUT2D eigenvalue weighted by atomic mass is 16.3. The first-order valence-corrected chi connectivity index (χ1v) is 5.49. The first-order valence-electron chi connectivity index (χ1n) is 5.49. The zero-order valence-electron chi connectivity index (χ0n) is 10.5. The van der Waals surface area contributed by atoms with Gasteiger partial charge in [-0.25, -0.2) is 0 Å². The molecule has 0 fully saturated rings. The molecule has 1 aromatic heterocycles. The highest BCUT2D eigenvalue weighted by Crippen LogP contribution is 2.21. The molecule has 0 spiro atoms. The Morgan fingerprint density at radius 1 is 1.27 bits per heavy atom. The Kier molecular flexibility index (Phi) is 3.55. The van der Waals surface area contributed by atoms with E-state index in [0.29, 0.717) is 5.41 Å². The Morgan fingerprint density at radius 3 is 2.27 bits per heavy atom. The summed E-state index contributed by atoms with van der Waals surface area (Å²) < 4.78 is 2.01. The number of aliphatic hydroxyl groups is 1. The van der Waals surface area contributed by atoms with Gasteiger partial charge in [-0.2, -0.15) is 5.10 Å². The van der Waals surface area contributed by atoms with E-state index in [4.69, 9.17) is 0 Å².